The fraction of sp³-hybridized carbons (Fsp3) is 0.292. The molecule has 160 valence electrons. The smallest absolute Gasteiger partial charge is 0.225 e. The van der Waals surface area contributed by atoms with Crippen molar-refractivity contribution in [2.45, 2.75) is 32.7 Å². The number of hydrogen-bond donors (Lipinski definition) is 3. The Bertz CT molecular complexity index is 1100. The van der Waals surface area contributed by atoms with Gasteiger partial charge >= 0.3 is 0 Å². The van der Waals surface area contributed by atoms with Gasteiger partial charge in [0.1, 0.15) is 0 Å². The summed E-state index contributed by atoms with van der Waals surface area (Å²) in [5.41, 5.74) is 6.33. The number of guanidine groups is 1. The molecule has 1 atom stereocenters. The monoisotopic (exact) mass is 416 g/mol. The van der Waals surface area contributed by atoms with Crippen molar-refractivity contribution in [3.8, 4) is 5.69 Å². The van der Waals surface area contributed by atoms with Crippen LogP contribution < -0.4 is 16.0 Å². The minimum absolute atomic E-state index is 0.0491. The normalized spacial score (nSPS) is 15.9. The van der Waals surface area contributed by atoms with Crippen molar-refractivity contribution >= 4 is 17.6 Å². The molecule has 0 fully saturated rings. The number of benzene rings is 2. The minimum atomic E-state index is 0.0491. The summed E-state index contributed by atoms with van der Waals surface area (Å²) in [6.45, 7) is 5.35. The van der Waals surface area contributed by atoms with Gasteiger partial charge in [0, 0.05) is 49.4 Å². The van der Waals surface area contributed by atoms with Crippen LogP contribution in [0, 0.1) is 13.8 Å². The number of aryl methyl sites for hydroxylation is 1. The number of carbonyl (C=O) groups is 1. The standard InChI is InChI=1S/C24H28N6O/c1-16-21(17(2)30(29-16)19-9-5-4-6-10-19)15-27-24(25-3)26-14-18-13-23(31)28-22-12-8-7-11-20(18)22/h4-12,18H,13-15H2,1-3H3,(H,28,31)(H2,25,26,27). The molecule has 1 amide bonds. The third-order valence-electron chi connectivity index (χ3n) is 5.72. The molecule has 0 spiro atoms. The molecular formula is C24H28N6O. The van der Waals surface area contributed by atoms with Crippen molar-refractivity contribution in [2.24, 2.45) is 4.99 Å². The maximum Gasteiger partial charge on any atom is 0.225 e. The van der Waals surface area contributed by atoms with Crippen molar-refractivity contribution in [3.05, 3.63) is 77.1 Å². The van der Waals surface area contributed by atoms with Gasteiger partial charge in [-0.2, -0.15) is 5.10 Å². The summed E-state index contributed by atoms with van der Waals surface area (Å²) in [4.78, 5) is 16.4. The molecule has 3 aromatic rings. The first-order chi connectivity index (χ1) is 15.1. The molecule has 2 aromatic carbocycles. The van der Waals surface area contributed by atoms with Crippen molar-refractivity contribution in [3.63, 3.8) is 0 Å². The summed E-state index contributed by atoms with van der Waals surface area (Å²) in [5.74, 6) is 0.857. The molecule has 3 N–H and O–H groups in total. The van der Waals surface area contributed by atoms with E-state index in [-0.39, 0.29) is 11.8 Å². The van der Waals surface area contributed by atoms with E-state index in [2.05, 4.69) is 46.1 Å². The van der Waals surface area contributed by atoms with Crippen LogP contribution in [0.4, 0.5) is 5.69 Å². The van der Waals surface area contributed by atoms with Crippen LogP contribution in [0.15, 0.2) is 59.6 Å². The van der Waals surface area contributed by atoms with Crippen LogP contribution in [0.2, 0.25) is 0 Å². The summed E-state index contributed by atoms with van der Waals surface area (Å²) in [5, 5.41) is 14.4. The number of nitrogens with zero attached hydrogens (tertiary/aromatic N) is 3. The Morgan fingerprint density at radius 2 is 1.87 bits per heavy atom. The summed E-state index contributed by atoms with van der Waals surface area (Å²) in [6.07, 6.45) is 0.461. The van der Waals surface area contributed by atoms with Crippen LogP contribution in [0.1, 0.15) is 34.9 Å². The van der Waals surface area contributed by atoms with Crippen LogP contribution >= 0.6 is 0 Å². The summed E-state index contributed by atoms with van der Waals surface area (Å²) in [7, 11) is 1.75. The molecule has 0 bridgehead atoms. The van der Waals surface area contributed by atoms with Gasteiger partial charge in [-0.15, -0.1) is 0 Å². The van der Waals surface area contributed by atoms with Crippen LogP contribution in [0.5, 0.6) is 0 Å². The highest BCUT2D eigenvalue weighted by Crippen LogP contribution is 2.31. The highest BCUT2D eigenvalue weighted by Gasteiger charge is 2.24. The molecule has 0 aliphatic carbocycles. The number of amides is 1. The molecule has 0 saturated carbocycles. The average molecular weight is 417 g/mol. The quantitative estimate of drug-likeness (QED) is 0.440. The molecule has 7 nitrogen and oxygen atoms in total. The molecule has 1 aromatic heterocycles. The van der Waals surface area contributed by atoms with Crippen molar-refractivity contribution in [1.82, 2.24) is 20.4 Å². The molecule has 4 rings (SSSR count). The maximum absolute atomic E-state index is 12.1. The number of nitrogens with one attached hydrogen (secondary N) is 3. The van der Waals surface area contributed by atoms with E-state index in [1.54, 1.807) is 7.05 Å². The second-order valence-electron chi connectivity index (χ2n) is 7.74. The predicted molar refractivity (Wildman–Crippen MR) is 124 cm³/mol. The average Bonchev–Trinajstić information content (AvgIpc) is 3.07. The highest BCUT2D eigenvalue weighted by molar-refractivity contribution is 5.94. The number of hydrogen-bond acceptors (Lipinski definition) is 3. The number of carbonyl (C=O) groups excluding carboxylic acids is 1. The molecule has 7 heteroatoms. The molecule has 0 radical (unpaired) electrons. The van der Waals surface area contributed by atoms with Crippen molar-refractivity contribution < 1.29 is 4.79 Å². The van der Waals surface area contributed by atoms with Gasteiger partial charge in [0.05, 0.1) is 11.4 Å². The number of aromatic nitrogens is 2. The molecule has 31 heavy (non-hydrogen) atoms. The number of aliphatic imine (C=N–C) groups is 1. The highest BCUT2D eigenvalue weighted by atomic mass is 16.1. The number of fused-ring (bicyclic) bond motifs is 1. The molecule has 0 saturated heterocycles. The number of para-hydroxylation sites is 2. The maximum atomic E-state index is 12.1. The van der Waals surface area contributed by atoms with Gasteiger partial charge < -0.3 is 16.0 Å². The summed E-state index contributed by atoms with van der Waals surface area (Å²) < 4.78 is 1.97. The van der Waals surface area contributed by atoms with Gasteiger partial charge in [-0.3, -0.25) is 9.79 Å². The molecule has 1 unspecified atom stereocenters. The summed E-state index contributed by atoms with van der Waals surface area (Å²) in [6, 6.07) is 18.1. The zero-order valence-corrected chi connectivity index (χ0v) is 18.1. The fourth-order valence-electron chi connectivity index (χ4n) is 4.05. The van der Waals surface area contributed by atoms with Gasteiger partial charge in [-0.25, -0.2) is 4.68 Å². The van der Waals surface area contributed by atoms with E-state index in [4.69, 9.17) is 5.10 Å². The zero-order valence-electron chi connectivity index (χ0n) is 18.1. The van der Waals surface area contributed by atoms with E-state index in [1.807, 2.05) is 48.0 Å². The SMILES string of the molecule is CN=C(NCc1c(C)nn(-c2ccccc2)c1C)NCC1CC(=O)Nc2ccccc21. The van der Waals surface area contributed by atoms with Crippen LogP contribution in [-0.2, 0) is 11.3 Å². The van der Waals surface area contributed by atoms with Crippen LogP contribution in [0.25, 0.3) is 5.69 Å². The largest absolute Gasteiger partial charge is 0.356 e. The third kappa shape index (κ3) is 4.45. The van der Waals surface area contributed by atoms with Gasteiger partial charge in [0.15, 0.2) is 5.96 Å². The Labute approximate surface area is 182 Å². The Balaban J connectivity index is 1.41. The second kappa shape index (κ2) is 9.04. The molecular weight excluding hydrogens is 388 g/mol. The molecule has 1 aliphatic heterocycles. The molecule has 1 aliphatic rings. The van der Waals surface area contributed by atoms with Crippen LogP contribution in [-0.4, -0.2) is 35.2 Å². The lowest BCUT2D eigenvalue weighted by Gasteiger charge is -2.26. The van der Waals surface area contributed by atoms with Gasteiger partial charge in [0.25, 0.3) is 0 Å². The number of rotatable bonds is 5. The van der Waals surface area contributed by atoms with E-state index < -0.39 is 0 Å². The van der Waals surface area contributed by atoms with Gasteiger partial charge in [0.2, 0.25) is 5.91 Å². The Hall–Kier alpha value is -3.61. The van der Waals surface area contributed by atoms with Crippen LogP contribution in [0.3, 0.4) is 0 Å². The Kier molecular flexibility index (Phi) is 6.02. The Morgan fingerprint density at radius 1 is 1.13 bits per heavy atom. The van der Waals surface area contributed by atoms with Gasteiger partial charge in [-0.1, -0.05) is 36.4 Å². The lowest BCUT2D eigenvalue weighted by molar-refractivity contribution is -0.116. The van der Waals surface area contributed by atoms with E-state index in [0.29, 0.717) is 25.5 Å². The third-order valence-corrected chi connectivity index (χ3v) is 5.72. The topological polar surface area (TPSA) is 83.3 Å². The van der Waals surface area contributed by atoms with E-state index in [0.717, 1.165) is 33.9 Å². The fourth-order valence-corrected chi connectivity index (χ4v) is 4.05. The first-order valence-corrected chi connectivity index (χ1v) is 10.5. The first-order valence-electron chi connectivity index (χ1n) is 10.5. The minimum Gasteiger partial charge on any atom is -0.356 e. The van der Waals surface area contributed by atoms with Crippen molar-refractivity contribution in [2.75, 3.05) is 18.9 Å². The second-order valence-corrected chi connectivity index (χ2v) is 7.74. The predicted octanol–water partition coefficient (Wildman–Crippen LogP) is 3.28. The first kappa shape index (κ1) is 20.7. The zero-order chi connectivity index (χ0) is 21.8. The molecule has 2 heterocycles. The van der Waals surface area contributed by atoms with E-state index >= 15 is 0 Å². The number of anilines is 1. The van der Waals surface area contributed by atoms with E-state index in [9.17, 15) is 4.79 Å². The van der Waals surface area contributed by atoms with Gasteiger partial charge in [-0.05, 0) is 37.6 Å². The van der Waals surface area contributed by atoms with E-state index in [1.165, 1.54) is 0 Å². The van der Waals surface area contributed by atoms with Crippen molar-refractivity contribution in [1.29, 1.82) is 0 Å². The Morgan fingerprint density at radius 3 is 2.65 bits per heavy atom. The lowest BCUT2D eigenvalue weighted by atomic mass is 9.90. The summed E-state index contributed by atoms with van der Waals surface area (Å²) >= 11 is 0. The lowest BCUT2D eigenvalue weighted by Crippen LogP contribution is -2.40.